The summed E-state index contributed by atoms with van der Waals surface area (Å²) in [6.07, 6.45) is 5.44. The maximum atomic E-state index is 17.6. The Bertz CT molecular complexity index is 2260. The molecule has 3 atom stereocenters. The lowest BCUT2D eigenvalue weighted by Crippen LogP contribution is -2.53. The molecule has 3 heterocycles. The summed E-state index contributed by atoms with van der Waals surface area (Å²) in [5.74, 6) is 0.494. The first kappa shape index (κ1) is 28.7. The lowest BCUT2D eigenvalue weighted by molar-refractivity contribution is 0.462. The van der Waals surface area contributed by atoms with Gasteiger partial charge in [0.15, 0.2) is 5.82 Å². The fourth-order valence-electron chi connectivity index (χ4n) is 7.47. The fraction of sp³-hybridized carbons (Fsp3) is 0.211. The Hall–Kier alpha value is -4.72. The summed E-state index contributed by atoms with van der Waals surface area (Å²) in [6, 6.07) is 22.6. The molecule has 2 fully saturated rings. The van der Waals surface area contributed by atoms with Crippen molar-refractivity contribution < 1.29 is 14.6 Å². The van der Waals surface area contributed by atoms with Gasteiger partial charge in [-0.1, -0.05) is 66.2 Å². The number of anilines is 1. The van der Waals surface area contributed by atoms with Gasteiger partial charge in [-0.15, -0.1) is 6.58 Å². The number of aromatic hydroxyl groups is 2. The maximum absolute atomic E-state index is 17.6. The van der Waals surface area contributed by atoms with Crippen molar-refractivity contribution in [1.29, 1.82) is 0 Å². The predicted molar refractivity (Wildman–Crippen MR) is 184 cm³/mol. The van der Waals surface area contributed by atoms with Gasteiger partial charge < -0.3 is 20.4 Å². The van der Waals surface area contributed by atoms with Crippen LogP contribution < -0.4 is 20.8 Å². The number of nitrogens with zero attached hydrogens (tertiary/aromatic N) is 3. The summed E-state index contributed by atoms with van der Waals surface area (Å²) in [7, 11) is 0. The quantitative estimate of drug-likeness (QED) is 0.196. The molecule has 1 aliphatic carbocycles. The first-order valence-corrected chi connectivity index (χ1v) is 15.9. The fourth-order valence-corrected chi connectivity index (χ4v) is 7.88. The number of phenols is 2. The van der Waals surface area contributed by atoms with Gasteiger partial charge in [0.1, 0.15) is 28.5 Å². The molecule has 2 bridgehead atoms. The highest BCUT2D eigenvalue weighted by Crippen LogP contribution is 2.49. The highest BCUT2D eigenvalue weighted by molar-refractivity contribution is 6.38. The van der Waals surface area contributed by atoms with Crippen LogP contribution in [0, 0.1) is 5.41 Å². The zero-order valence-corrected chi connectivity index (χ0v) is 26.0. The largest absolute Gasteiger partial charge is 0.508 e. The van der Waals surface area contributed by atoms with Crippen LogP contribution in [0.1, 0.15) is 25.3 Å². The molecule has 4 aromatic carbocycles. The molecule has 0 spiro atoms. The molecular weight excluding hydrogens is 599 g/mol. The molecule has 0 saturated carbocycles. The molecule has 3 N–H and O–H groups in total. The third kappa shape index (κ3) is 4.49. The SMILES string of the molecule is C=CC1(C)C(c2cc(O)cc3ccccc23)=C(Cl)C=c2c(N3CC4CCC(C3)N4)nc(-c3cc(O)cc4ccccc34)nc2=C1F. The Morgan fingerprint density at radius 1 is 0.913 bits per heavy atom. The molecule has 230 valence electrons. The monoisotopic (exact) mass is 630 g/mol. The number of rotatable bonds is 4. The topological polar surface area (TPSA) is 81.5 Å². The van der Waals surface area contributed by atoms with E-state index in [0.717, 1.165) is 34.4 Å². The van der Waals surface area contributed by atoms with Gasteiger partial charge in [0.2, 0.25) is 0 Å². The second kappa shape index (κ2) is 10.7. The predicted octanol–water partition coefficient (Wildman–Crippen LogP) is 6.52. The number of aromatic nitrogens is 2. The van der Waals surface area contributed by atoms with E-state index in [2.05, 4.69) is 16.8 Å². The summed E-state index contributed by atoms with van der Waals surface area (Å²) in [6.45, 7) is 7.24. The van der Waals surface area contributed by atoms with Crippen molar-refractivity contribution >= 4 is 56.4 Å². The van der Waals surface area contributed by atoms with Crippen LogP contribution >= 0.6 is 11.6 Å². The molecule has 3 aliphatic rings. The van der Waals surface area contributed by atoms with E-state index in [4.69, 9.17) is 21.6 Å². The van der Waals surface area contributed by atoms with E-state index < -0.39 is 11.2 Å². The second-order valence-corrected chi connectivity index (χ2v) is 13.1. The minimum atomic E-state index is -1.42. The van der Waals surface area contributed by atoms with Gasteiger partial charge in [-0.3, -0.25) is 0 Å². The Labute approximate surface area is 270 Å². The van der Waals surface area contributed by atoms with E-state index in [0.29, 0.717) is 63.8 Å². The van der Waals surface area contributed by atoms with Crippen molar-refractivity contribution in [2.24, 2.45) is 5.41 Å². The van der Waals surface area contributed by atoms with Gasteiger partial charge in [-0.05, 0) is 82.8 Å². The van der Waals surface area contributed by atoms with E-state index in [1.54, 1.807) is 43.3 Å². The van der Waals surface area contributed by atoms with Crippen LogP contribution in [-0.4, -0.2) is 45.4 Å². The van der Waals surface area contributed by atoms with E-state index in [-0.39, 0.29) is 16.8 Å². The van der Waals surface area contributed by atoms with Crippen LogP contribution in [0.15, 0.2) is 90.5 Å². The molecule has 5 aromatic rings. The molecule has 8 rings (SSSR count). The van der Waals surface area contributed by atoms with E-state index in [9.17, 15) is 10.2 Å². The average molecular weight is 631 g/mol. The molecule has 46 heavy (non-hydrogen) atoms. The average Bonchev–Trinajstić information content (AvgIpc) is 3.36. The zero-order valence-electron chi connectivity index (χ0n) is 25.3. The van der Waals surface area contributed by atoms with Crippen LogP contribution in [0.2, 0.25) is 0 Å². The Kier molecular flexibility index (Phi) is 6.67. The number of piperazine rings is 1. The summed E-state index contributed by atoms with van der Waals surface area (Å²) in [5, 5.41) is 29.4. The number of allylic oxidation sites excluding steroid dienone is 3. The summed E-state index contributed by atoms with van der Waals surface area (Å²) in [5.41, 5.74) is 0.272. The van der Waals surface area contributed by atoms with Crippen molar-refractivity contribution in [3.8, 4) is 22.9 Å². The van der Waals surface area contributed by atoms with E-state index >= 15 is 4.39 Å². The molecule has 6 nitrogen and oxygen atoms in total. The van der Waals surface area contributed by atoms with E-state index in [1.165, 1.54) is 0 Å². The molecule has 0 amide bonds. The van der Waals surface area contributed by atoms with Gasteiger partial charge in [-0.25, -0.2) is 14.4 Å². The summed E-state index contributed by atoms with van der Waals surface area (Å²) < 4.78 is 17.6. The first-order chi connectivity index (χ1) is 22.2. The zero-order chi connectivity index (χ0) is 31.7. The van der Waals surface area contributed by atoms with Gasteiger partial charge in [-0.2, -0.15) is 0 Å². The van der Waals surface area contributed by atoms with Gasteiger partial charge in [0.25, 0.3) is 0 Å². The number of fused-ring (bicyclic) bond motifs is 5. The number of phenolic OH excluding ortho intramolecular Hbond substituents is 2. The molecule has 1 aromatic heterocycles. The summed E-state index contributed by atoms with van der Waals surface area (Å²) in [4.78, 5) is 12.3. The molecule has 8 heteroatoms. The Morgan fingerprint density at radius 3 is 2.13 bits per heavy atom. The van der Waals surface area contributed by atoms with Crippen molar-refractivity contribution in [3.05, 3.63) is 107 Å². The van der Waals surface area contributed by atoms with Crippen LogP contribution in [0.4, 0.5) is 10.2 Å². The normalized spacial score (nSPS) is 22.6. The molecular formula is C38H32ClFN4O2. The minimum Gasteiger partial charge on any atom is -0.508 e. The highest BCUT2D eigenvalue weighted by Gasteiger charge is 2.39. The number of hydrogen-bond acceptors (Lipinski definition) is 6. The lowest BCUT2D eigenvalue weighted by Gasteiger charge is -2.34. The molecule has 2 aliphatic heterocycles. The van der Waals surface area contributed by atoms with Crippen molar-refractivity contribution in [2.45, 2.75) is 31.8 Å². The summed E-state index contributed by atoms with van der Waals surface area (Å²) >= 11 is 7.26. The standard InChI is InChI=1S/C38H32ClFN4O2/c1-3-38(2)33(29-16-25(45)14-21-8-4-6-10-27(21)29)32(39)18-31-34(35(38)40)42-36(30-17-26(46)15-22-9-5-7-11-28(22)30)43-37(31)44-19-23-12-13-24(20-44)41-23/h3-11,14-18,23-24,41,45-46H,1,12-13,19-20H2,2H3. The van der Waals surface area contributed by atoms with E-state index in [1.807, 2.05) is 48.5 Å². The van der Waals surface area contributed by atoms with Crippen LogP contribution in [0.3, 0.4) is 0 Å². The number of benzene rings is 4. The third-order valence-corrected chi connectivity index (χ3v) is 10.0. The second-order valence-electron chi connectivity index (χ2n) is 12.7. The third-order valence-electron chi connectivity index (χ3n) is 9.75. The van der Waals surface area contributed by atoms with Crippen LogP contribution in [0.5, 0.6) is 11.5 Å². The van der Waals surface area contributed by atoms with Crippen molar-refractivity contribution in [3.63, 3.8) is 0 Å². The molecule has 3 unspecified atom stereocenters. The van der Waals surface area contributed by atoms with Crippen molar-refractivity contribution in [1.82, 2.24) is 15.3 Å². The number of hydrogen-bond donors (Lipinski definition) is 3. The van der Waals surface area contributed by atoms with Gasteiger partial charge in [0.05, 0.1) is 5.41 Å². The van der Waals surface area contributed by atoms with Crippen molar-refractivity contribution in [2.75, 3.05) is 18.0 Å². The number of halogens is 2. The highest BCUT2D eigenvalue weighted by atomic mass is 35.5. The Balaban J connectivity index is 1.47. The lowest BCUT2D eigenvalue weighted by atomic mass is 9.76. The van der Waals surface area contributed by atoms with Gasteiger partial charge in [0, 0.05) is 41.0 Å². The van der Waals surface area contributed by atoms with Crippen LogP contribution in [0.25, 0.3) is 50.4 Å². The number of nitrogens with one attached hydrogen (secondary N) is 1. The smallest absolute Gasteiger partial charge is 0.163 e. The first-order valence-electron chi connectivity index (χ1n) is 15.5. The molecule has 2 saturated heterocycles. The maximum Gasteiger partial charge on any atom is 0.163 e. The van der Waals surface area contributed by atoms with Gasteiger partial charge >= 0.3 is 0 Å². The minimum absolute atomic E-state index is 0.0501. The molecule has 0 radical (unpaired) electrons. The Morgan fingerprint density at radius 2 is 1.50 bits per heavy atom. The van der Waals surface area contributed by atoms with Crippen LogP contribution in [-0.2, 0) is 0 Å².